The molecule has 0 saturated heterocycles. The average Bonchev–Trinajstić information content (AvgIpc) is 3.47. The molecule has 3 atom stereocenters. The fourth-order valence-corrected chi connectivity index (χ4v) is 6.30. The van der Waals surface area contributed by atoms with Crippen molar-refractivity contribution in [3.05, 3.63) is 23.8 Å². The number of rotatable bonds is 10. The van der Waals surface area contributed by atoms with Crippen molar-refractivity contribution in [1.82, 2.24) is 15.0 Å². The minimum atomic E-state index is -3.92. The summed E-state index contributed by atoms with van der Waals surface area (Å²) >= 11 is 0. The number of nitrogens with one attached hydrogen (secondary N) is 2. The number of aliphatic hydroxyl groups is 1. The minimum absolute atomic E-state index is 0.00375. The number of aliphatic imine (C=N–C) groups is 1. The summed E-state index contributed by atoms with van der Waals surface area (Å²) in [6.07, 6.45) is 5.55. The predicted octanol–water partition coefficient (Wildman–Crippen LogP) is 1.98. The maximum atomic E-state index is 13.1. The normalized spacial score (nSPS) is 23.5. The molecular formula is C24H35N5O5S. The maximum Gasteiger partial charge on any atom is 0.252 e. The van der Waals surface area contributed by atoms with E-state index in [1.54, 1.807) is 11.1 Å². The lowest BCUT2D eigenvalue weighted by Crippen LogP contribution is -2.55. The number of hydrazone groups is 1. The van der Waals surface area contributed by atoms with E-state index in [0.29, 0.717) is 24.3 Å². The van der Waals surface area contributed by atoms with Crippen molar-refractivity contribution < 1.29 is 23.1 Å². The molecule has 3 aliphatic rings. The Hall–Kier alpha value is -2.50. The highest BCUT2D eigenvalue weighted by molar-refractivity contribution is 7.89. The number of carbonyl (C=O) groups excluding carboxylic acids is 1. The van der Waals surface area contributed by atoms with E-state index in [4.69, 9.17) is 14.8 Å². The van der Waals surface area contributed by atoms with Crippen LogP contribution in [0.15, 0.2) is 33.2 Å². The van der Waals surface area contributed by atoms with Crippen molar-refractivity contribution in [2.24, 2.45) is 16.0 Å². The van der Waals surface area contributed by atoms with Crippen LogP contribution in [0.25, 0.3) is 0 Å². The molecule has 35 heavy (non-hydrogen) atoms. The van der Waals surface area contributed by atoms with Crippen LogP contribution < -0.4 is 14.8 Å². The summed E-state index contributed by atoms with van der Waals surface area (Å²) in [7, 11) is -3.92. The molecule has 1 fully saturated rings. The van der Waals surface area contributed by atoms with Crippen molar-refractivity contribution in [3.63, 3.8) is 0 Å². The molecule has 1 aromatic carbocycles. The third kappa shape index (κ3) is 5.22. The molecule has 0 aromatic heterocycles. The van der Waals surface area contributed by atoms with Crippen LogP contribution in [0.3, 0.4) is 0 Å². The van der Waals surface area contributed by atoms with E-state index in [0.717, 1.165) is 37.9 Å². The van der Waals surface area contributed by atoms with E-state index in [2.05, 4.69) is 10.0 Å². The van der Waals surface area contributed by atoms with Gasteiger partial charge in [-0.3, -0.25) is 9.79 Å². The first-order chi connectivity index (χ1) is 16.8. The first-order valence-corrected chi connectivity index (χ1v) is 13.9. The minimum Gasteiger partial charge on any atom is -0.493 e. The fourth-order valence-electron chi connectivity index (χ4n) is 5.02. The number of ether oxygens (including phenoxy) is 1. The Balaban J connectivity index is 1.72. The van der Waals surface area contributed by atoms with Crippen LogP contribution in [0.4, 0.5) is 0 Å². The van der Waals surface area contributed by atoms with Gasteiger partial charge in [0, 0.05) is 12.0 Å². The molecule has 1 saturated carbocycles. The zero-order chi connectivity index (χ0) is 25.2. The molecule has 3 unspecified atom stereocenters. The van der Waals surface area contributed by atoms with E-state index < -0.39 is 22.1 Å². The summed E-state index contributed by atoms with van der Waals surface area (Å²) in [6, 6.07) is 3.17. The lowest BCUT2D eigenvalue weighted by atomic mass is 10.1. The number of aliphatic hydroxyl groups excluding tert-OH is 1. The number of amides is 1. The molecule has 0 radical (unpaired) electrons. The Bertz CT molecular complexity index is 1110. The van der Waals surface area contributed by atoms with Crippen LogP contribution in [0, 0.1) is 5.92 Å². The van der Waals surface area contributed by atoms with Crippen LogP contribution in [-0.2, 0) is 14.8 Å². The molecule has 4 rings (SSSR count). The molecule has 0 bridgehead atoms. The molecule has 2 aliphatic heterocycles. The van der Waals surface area contributed by atoms with Crippen molar-refractivity contribution in [2.75, 3.05) is 13.2 Å². The Kier molecular flexibility index (Phi) is 7.77. The Morgan fingerprint density at radius 2 is 2.03 bits per heavy atom. The number of sulfonamides is 1. The van der Waals surface area contributed by atoms with Crippen molar-refractivity contribution >= 4 is 27.6 Å². The third-order valence-electron chi connectivity index (χ3n) is 6.72. The van der Waals surface area contributed by atoms with Crippen LogP contribution in [0.1, 0.15) is 64.9 Å². The van der Waals surface area contributed by atoms with Gasteiger partial charge in [-0.25, -0.2) is 18.1 Å². The van der Waals surface area contributed by atoms with Gasteiger partial charge in [-0.05, 0) is 51.3 Å². The van der Waals surface area contributed by atoms with E-state index in [-0.39, 0.29) is 35.2 Å². The van der Waals surface area contributed by atoms with Crippen molar-refractivity contribution in [2.45, 2.75) is 82.3 Å². The largest absolute Gasteiger partial charge is 0.493 e. The summed E-state index contributed by atoms with van der Waals surface area (Å²) in [6.45, 7) is 5.73. The number of hydrogen-bond donors (Lipinski definition) is 3. The Morgan fingerprint density at radius 3 is 2.69 bits per heavy atom. The number of fused-ring (bicyclic) bond motifs is 1. The van der Waals surface area contributed by atoms with Crippen LogP contribution in [0.5, 0.6) is 5.75 Å². The molecule has 11 heteroatoms. The monoisotopic (exact) mass is 505 g/mol. The van der Waals surface area contributed by atoms with Gasteiger partial charge < -0.3 is 15.2 Å². The lowest BCUT2D eigenvalue weighted by molar-refractivity contribution is -0.124. The highest BCUT2D eigenvalue weighted by Gasteiger charge is 2.45. The third-order valence-corrected chi connectivity index (χ3v) is 8.24. The predicted molar refractivity (Wildman–Crippen MR) is 133 cm³/mol. The van der Waals surface area contributed by atoms with Gasteiger partial charge in [-0.2, -0.15) is 5.10 Å². The summed E-state index contributed by atoms with van der Waals surface area (Å²) in [5.74, 6) is 1.54. The van der Waals surface area contributed by atoms with E-state index in [1.807, 2.05) is 20.8 Å². The van der Waals surface area contributed by atoms with Gasteiger partial charge in [0.15, 0.2) is 11.9 Å². The van der Waals surface area contributed by atoms with E-state index >= 15 is 0 Å². The molecule has 1 aromatic rings. The molecule has 1 aliphatic carbocycles. The number of hydrogen-bond acceptors (Lipinski definition) is 8. The fraction of sp³-hybridized carbons (Fsp3) is 0.625. The molecule has 2 heterocycles. The van der Waals surface area contributed by atoms with E-state index in [9.17, 15) is 18.3 Å². The van der Waals surface area contributed by atoms with Gasteiger partial charge in [0.05, 0.1) is 29.7 Å². The molecular weight excluding hydrogens is 470 g/mol. The maximum absolute atomic E-state index is 13.1. The second-order valence-corrected chi connectivity index (χ2v) is 11.0. The van der Waals surface area contributed by atoms with Gasteiger partial charge >= 0.3 is 0 Å². The number of amidine groups is 2. The highest BCUT2D eigenvalue weighted by atomic mass is 32.2. The van der Waals surface area contributed by atoms with Crippen molar-refractivity contribution in [1.29, 1.82) is 0 Å². The summed E-state index contributed by atoms with van der Waals surface area (Å²) in [5, 5.41) is 18.9. The standard InChI is InChI=1S/C24H35N5O5S/c1-4-8-17(14-30)28-35(32,33)18-11-12-20(34-5-2)19(13-18)22-26-24(31)21-15(3)25-23(29(21)27-22)16-9-6-7-10-16/h11-13,15-17,21,28,30H,4-10,14H2,1-3H3,(H,26,27,31). The molecule has 0 spiro atoms. The van der Waals surface area contributed by atoms with Gasteiger partial charge in [-0.15, -0.1) is 0 Å². The topological polar surface area (TPSA) is 133 Å². The second kappa shape index (κ2) is 10.6. The quantitative estimate of drug-likeness (QED) is 0.445. The van der Waals surface area contributed by atoms with Gasteiger partial charge in [0.1, 0.15) is 11.6 Å². The zero-order valence-corrected chi connectivity index (χ0v) is 21.3. The van der Waals surface area contributed by atoms with Crippen LogP contribution in [-0.4, -0.2) is 67.5 Å². The number of carbonyl (C=O) groups is 1. The zero-order valence-electron chi connectivity index (χ0n) is 20.5. The molecule has 10 nitrogen and oxygen atoms in total. The average molecular weight is 506 g/mol. The van der Waals surface area contributed by atoms with Gasteiger partial charge in [0.25, 0.3) is 5.91 Å². The Labute approximate surface area is 206 Å². The summed E-state index contributed by atoms with van der Waals surface area (Å²) < 4.78 is 34.5. The smallest absolute Gasteiger partial charge is 0.252 e. The first kappa shape index (κ1) is 25.6. The number of benzene rings is 1. The molecule has 192 valence electrons. The van der Waals surface area contributed by atoms with Gasteiger partial charge in [0.2, 0.25) is 10.0 Å². The van der Waals surface area contributed by atoms with Crippen molar-refractivity contribution in [3.8, 4) is 5.75 Å². The van der Waals surface area contributed by atoms with Gasteiger partial charge in [-0.1, -0.05) is 26.2 Å². The first-order valence-electron chi connectivity index (χ1n) is 12.5. The Morgan fingerprint density at radius 1 is 1.29 bits per heavy atom. The van der Waals surface area contributed by atoms with Crippen LogP contribution in [0.2, 0.25) is 0 Å². The SMILES string of the molecule is CCCC(CO)NS(=O)(=O)c1ccc(OCC)c(C2=NN3C(C4CCCC4)=NC(C)C3C(=O)N2)c1. The highest BCUT2D eigenvalue weighted by Crippen LogP contribution is 2.34. The number of nitrogens with zero attached hydrogens (tertiary/aromatic N) is 3. The summed E-state index contributed by atoms with van der Waals surface area (Å²) in [5.41, 5.74) is 0.378. The molecule has 1 amide bonds. The van der Waals surface area contributed by atoms with Crippen LogP contribution >= 0.6 is 0 Å². The molecule has 3 N–H and O–H groups in total. The lowest BCUT2D eigenvalue weighted by Gasteiger charge is -2.31. The summed E-state index contributed by atoms with van der Waals surface area (Å²) in [4.78, 5) is 17.9. The van der Waals surface area contributed by atoms with E-state index in [1.165, 1.54) is 12.1 Å². The second-order valence-electron chi connectivity index (χ2n) is 9.32.